The van der Waals surface area contributed by atoms with Gasteiger partial charge < -0.3 is 4.74 Å². The molecule has 2 aliphatic heterocycles. The van der Waals surface area contributed by atoms with E-state index in [1.165, 1.54) is 0 Å². The number of nitrogens with zero attached hydrogens (tertiary/aromatic N) is 2. The lowest BCUT2D eigenvalue weighted by Crippen LogP contribution is -2.47. The molecule has 1 atom stereocenters. The molecule has 120 valence electrons. The molecule has 1 aromatic carbocycles. The predicted molar refractivity (Wildman–Crippen MR) is 82.8 cm³/mol. The molecule has 0 aliphatic carbocycles. The Hall–Kier alpha value is -2.70. The molecule has 2 aliphatic rings. The van der Waals surface area contributed by atoms with Crippen LogP contribution >= 0.6 is 0 Å². The second-order valence-electron chi connectivity index (χ2n) is 5.70. The van der Waals surface area contributed by atoms with E-state index >= 15 is 0 Å². The van der Waals surface area contributed by atoms with Gasteiger partial charge in [0.15, 0.2) is 0 Å². The molecular weight excluding hydrogens is 298 g/mol. The highest BCUT2D eigenvalue weighted by Crippen LogP contribution is 2.34. The molecule has 1 spiro atoms. The first-order chi connectivity index (χ1) is 11.0. The van der Waals surface area contributed by atoms with Crippen LogP contribution in [0.5, 0.6) is 0 Å². The van der Waals surface area contributed by atoms with Gasteiger partial charge in [0.25, 0.3) is 5.91 Å². The van der Waals surface area contributed by atoms with Crippen molar-refractivity contribution in [1.82, 2.24) is 5.43 Å². The van der Waals surface area contributed by atoms with Gasteiger partial charge >= 0.3 is 5.97 Å². The third-order valence-corrected chi connectivity index (χ3v) is 3.96. The van der Waals surface area contributed by atoms with Crippen LogP contribution in [0.25, 0.3) is 0 Å². The summed E-state index contributed by atoms with van der Waals surface area (Å²) in [5.41, 5.74) is 3.13. The molecule has 0 aromatic heterocycles. The lowest BCUT2D eigenvalue weighted by Gasteiger charge is -2.21. The van der Waals surface area contributed by atoms with E-state index in [4.69, 9.17) is 4.74 Å². The van der Waals surface area contributed by atoms with Crippen LogP contribution in [0.1, 0.15) is 25.3 Å². The number of imide groups is 1. The Labute approximate surface area is 133 Å². The van der Waals surface area contributed by atoms with Crippen molar-refractivity contribution >= 4 is 29.2 Å². The highest BCUT2D eigenvalue weighted by atomic mass is 16.5. The molecule has 1 fully saturated rings. The van der Waals surface area contributed by atoms with Gasteiger partial charge in [-0.2, -0.15) is 5.10 Å². The van der Waals surface area contributed by atoms with E-state index in [2.05, 4.69) is 10.5 Å². The van der Waals surface area contributed by atoms with Crippen LogP contribution in [0.2, 0.25) is 0 Å². The SMILES string of the molecule is CCOC(=O)C1=NN[C@]2(CC(=O)N(c3cccc(C)c3)C2=O)C1. The van der Waals surface area contributed by atoms with Crippen molar-refractivity contribution in [2.75, 3.05) is 11.5 Å². The Kier molecular flexibility index (Phi) is 3.63. The summed E-state index contributed by atoms with van der Waals surface area (Å²) in [5.74, 6) is -1.27. The van der Waals surface area contributed by atoms with Crippen LogP contribution < -0.4 is 10.3 Å². The molecule has 0 saturated carbocycles. The maximum absolute atomic E-state index is 12.8. The average Bonchev–Trinajstić information content (AvgIpc) is 3.02. The van der Waals surface area contributed by atoms with E-state index in [1.54, 1.807) is 25.1 Å². The molecule has 3 rings (SSSR count). The number of nitrogens with one attached hydrogen (secondary N) is 1. The molecule has 0 radical (unpaired) electrons. The number of ether oxygens (including phenoxy) is 1. The highest BCUT2D eigenvalue weighted by molar-refractivity contribution is 6.39. The summed E-state index contributed by atoms with van der Waals surface area (Å²) in [7, 11) is 0. The van der Waals surface area contributed by atoms with E-state index < -0.39 is 17.4 Å². The largest absolute Gasteiger partial charge is 0.461 e. The first-order valence-electron chi connectivity index (χ1n) is 7.42. The number of hydrogen-bond donors (Lipinski definition) is 1. The molecule has 0 unspecified atom stereocenters. The monoisotopic (exact) mass is 315 g/mol. The van der Waals surface area contributed by atoms with Gasteiger partial charge in [0.05, 0.1) is 18.7 Å². The van der Waals surface area contributed by atoms with Crippen molar-refractivity contribution in [2.45, 2.75) is 32.2 Å². The van der Waals surface area contributed by atoms with E-state index in [9.17, 15) is 14.4 Å². The van der Waals surface area contributed by atoms with Gasteiger partial charge in [-0.1, -0.05) is 12.1 Å². The van der Waals surface area contributed by atoms with Crippen LogP contribution in [0, 0.1) is 6.92 Å². The number of hydrazone groups is 1. The first kappa shape index (κ1) is 15.2. The van der Waals surface area contributed by atoms with Crippen LogP contribution in [-0.2, 0) is 19.1 Å². The van der Waals surface area contributed by atoms with Crippen molar-refractivity contribution in [3.8, 4) is 0 Å². The van der Waals surface area contributed by atoms with Crippen molar-refractivity contribution in [3.63, 3.8) is 0 Å². The lowest BCUT2D eigenvalue weighted by atomic mass is 9.93. The summed E-state index contributed by atoms with van der Waals surface area (Å²) in [6.07, 6.45) is 0.0188. The molecule has 7 nitrogen and oxygen atoms in total. The Morgan fingerprint density at radius 2 is 2.17 bits per heavy atom. The van der Waals surface area contributed by atoms with Gasteiger partial charge in [0, 0.05) is 6.42 Å². The number of carbonyl (C=O) groups is 3. The van der Waals surface area contributed by atoms with Gasteiger partial charge in [0.1, 0.15) is 11.3 Å². The number of amides is 2. The van der Waals surface area contributed by atoms with Crippen molar-refractivity contribution in [3.05, 3.63) is 29.8 Å². The third-order valence-electron chi connectivity index (χ3n) is 3.96. The maximum atomic E-state index is 12.8. The van der Waals surface area contributed by atoms with E-state index in [-0.39, 0.29) is 31.1 Å². The van der Waals surface area contributed by atoms with Crippen LogP contribution in [-0.4, -0.2) is 35.6 Å². The van der Waals surface area contributed by atoms with Gasteiger partial charge in [-0.15, -0.1) is 0 Å². The van der Waals surface area contributed by atoms with Gasteiger partial charge in [0.2, 0.25) is 5.91 Å². The number of hydrogen-bond acceptors (Lipinski definition) is 6. The quantitative estimate of drug-likeness (QED) is 0.661. The molecule has 1 saturated heterocycles. The lowest BCUT2D eigenvalue weighted by molar-refractivity contribution is -0.135. The summed E-state index contributed by atoms with van der Waals surface area (Å²) >= 11 is 0. The second kappa shape index (κ2) is 5.49. The Morgan fingerprint density at radius 1 is 1.39 bits per heavy atom. The summed E-state index contributed by atoms with van der Waals surface area (Å²) < 4.78 is 4.90. The number of rotatable bonds is 3. The molecule has 0 bridgehead atoms. The molecule has 1 aromatic rings. The Balaban J connectivity index is 1.84. The third kappa shape index (κ3) is 2.48. The fourth-order valence-corrected chi connectivity index (χ4v) is 2.87. The molecule has 2 heterocycles. The number of carbonyl (C=O) groups excluding carboxylic acids is 3. The standard InChI is InChI=1S/C16H17N3O4/c1-3-23-14(21)12-8-16(18-17-12)9-13(20)19(15(16)22)11-6-4-5-10(2)7-11/h4-7,18H,3,8-9H2,1-2H3/t16-/m0/s1. The topological polar surface area (TPSA) is 88.1 Å². The van der Waals surface area contributed by atoms with Gasteiger partial charge in [-0.05, 0) is 31.5 Å². The van der Waals surface area contributed by atoms with Gasteiger partial charge in [-0.3, -0.25) is 15.0 Å². The van der Waals surface area contributed by atoms with Crippen molar-refractivity contribution in [2.24, 2.45) is 5.10 Å². The van der Waals surface area contributed by atoms with Gasteiger partial charge in [-0.25, -0.2) is 9.69 Å². The average molecular weight is 315 g/mol. The first-order valence-corrected chi connectivity index (χ1v) is 7.42. The van der Waals surface area contributed by atoms with E-state index in [0.717, 1.165) is 10.5 Å². The van der Waals surface area contributed by atoms with Crippen LogP contribution in [0.4, 0.5) is 5.69 Å². The zero-order valence-corrected chi connectivity index (χ0v) is 13.0. The fourth-order valence-electron chi connectivity index (χ4n) is 2.87. The van der Waals surface area contributed by atoms with Crippen LogP contribution in [0.3, 0.4) is 0 Å². The minimum atomic E-state index is -1.18. The summed E-state index contributed by atoms with van der Waals surface area (Å²) in [4.78, 5) is 38.1. The molecule has 1 N–H and O–H groups in total. The number of aryl methyl sites for hydroxylation is 1. The Morgan fingerprint density at radius 3 is 2.87 bits per heavy atom. The van der Waals surface area contributed by atoms with Crippen molar-refractivity contribution in [1.29, 1.82) is 0 Å². The zero-order chi connectivity index (χ0) is 16.6. The number of anilines is 1. The second-order valence-corrected chi connectivity index (χ2v) is 5.70. The van der Waals surface area contributed by atoms with E-state index in [1.807, 2.05) is 13.0 Å². The molecule has 2 amide bonds. The summed E-state index contributed by atoms with van der Waals surface area (Å²) in [6.45, 7) is 3.81. The fraction of sp³-hybridized carbons (Fsp3) is 0.375. The predicted octanol–water partition coefficient (Wildman–Crippen LogP) is 0.910. The highest BCUT2D eigenvalue weighted by Gasteiger charge is 2.56. The minimum absolute atomic E-state index is 0.0355. The smallest absolute Gasteiger partial charge is 0.354 e. The molecular formula is C16H17N3O4. The van der Waals surface area contributed by atoms with Crippen LogP contribution in [0.15, 0.2) is 29.4 Å². The zero-order valence-electron chi connectivity index (χ0n) is 13.0. The number of esters is 1. The minimum Gasteiger partial charge on any atom is -0.461 e. The summed E-state index contributed by atoms with van der Waals surface area (Å²) in [5, 5.41) is 3.91. The molecule has 7 heteroatoms. The van der Waals surface area contributed by atoms with Crippen molar-refractivity contribution < 1.29 is 19.1 Å². The normalized spacial score (nSPS) is 23.2. The maximum Gasteiger partial charge on any atom is 0.354 e. The Bertz CT molecular complexity index is 728. The van der Waals surface area contributed by atoms with E-state index in [0.29, 0.717) is 5.69 Å². The number of benzene rings is 1. The summed E-state index contributed by atoms with van der Waals surface area (Å²) in [6, 6.07) is 7.17. The molecule has 23 heavy (non-hydrogen) atoms.